The molecule has 0 amide bonds. The summed E-state index contributed by atoms with van der Waals surface area (Å²) in [6, 6.07) is 9.80. The highest BCUT2D eigenvalue weighted by molar-refractivity contribution is 9.10. The number of nitro groups is 1. The van der Waals surface area contributed by atoms with E-state index in [1.54, 1.807) is 30.3 Å². The molecule has 2 rings (SSSR count). The smallest absolute Gasteiger partial charge is 0.312 e. The van der Waals surface area contributed by atoms with Crippen molar-refractivity contribution in [3.8, 4) is 11.5 Å². The maximum absolute atomic E-state index is 11.0. The van der Waals surface area contributed by atoms with Gasteiger partial charge in [0, 0.05) is 10.5 Å². The lowest BCUT2D eigenvalue weighted by molar-refractivity contribution is -0.385. The van der Waals surface area contributed by atoms with Crippen LogP contribution in [-0.2, 0) is 6.61 Å². The van der Waals surface area contributed by atoms with Crippen molar-refractivity contribution < 1.29 is 14.8 Å². The van der Waals surface area contributed by atoms with Crippen molar-refractivity contribution >= 4 is 21.6 Å². The summed E-state index contributed by atoms with van der Waals surface area (Å²) >= 11 is 3.20. The predicted molar refractivity (Wildman–Crippen MR) is 78.0 cm³/mol. The van der Waals surface area contributed by atoms with E-state index in [9.17, 15) is 10.1 Å². The van der Waals surface area contributed by atoms with Gasteiger partial charge in [0.2, 0.25) is 5.75 Å². The lowest BCUT2D eigenvalue weighted by Gasteiger charge is -2.10. The Morgan fingerprint density at radius 1 is 1.25 bits per heavy atom. The minimum absolute atomic E-state index is 0.0560. The zero-order valence-corrected chi connectivity index (χ0v) is 12.3. The topological polar surface area (TPSA) is 72.6 Å². The van der Waals surface area contributed by atoms with E-state index in [0.29, 0.717) is 10.2 Å². The fourth-order valence-corrected chi connectivity index (χ4v) is 2.11. The molecule has 0 radical (unpaired) electrons. The summed E-state index contributed by atoms with van der Waals surface area (Å²) in [7, 11) is 0. The summed E-state index contributed by atoms with van der Waals surface area (Å²) in [5.74, 6) is 0.700. The van der Waals surface area contributed by atoms with Gasteiger partial charge in [0.25, 0.3) is 0 Å². The van der Waals surface area contributed by atoms with E-state index < -0.39 is 4.92 Å². The van der Waals surface area contributed by atoms with Crippen molar-refractivity contribution in [2.45, 2.75) is 13.5 Å². The Morgan fingerprint density at radius 3 is 2.55 bits per heavy atom. The van der Waals surface area contributed by atoms with Gasteiger partial charge in [-0.2, -0.15) is 0 Å². The summed E-state index contributed by atoms with van der Waals surface area (Å²) in [6.07, 6.45) is 0. The highest BCUT2D eigenvalue weighted by Gasteiger charge is 2.17. The minimum Gasteiger partial charge on any atom is -0.450 e. The van der Waals surface area contributed by atoms with Crippen LogP contribution in [0.15, 0.2) is 40.9 Å². The molecule has 0 spiro atoms. The predicted octanol–water partition coefficient (Wildman–Crippen LogP) is 3.95. The zero-order valence-electron chi connectivity index (χ0n) is 10.7. The normalized spacial score (nSPS) is 10.3. The number of aliphatic hydroxyl groups excluding tert-OH is 1. The van der Waals surface area contributed by atoms with Crippen LogP contribution in [0.3, 0.4) is 0 Å². The highest BCUT2D eigenvalue weighted by atomic mass is 79.9. The molecule has 2 aromatic rings. The molecule has 0 unspecified atom stereocenters. The van der Waals surface area contributed by atoms with Crippen LogP contribution in [-0.4, -0.2) is 10.0 Å². The molecule has 0 bridgehead atoms. The molecule has 0 heterocycles. The van der Waals surface area contributed by atoms with Crippen molar-refractivity contribution in [2.75, 3.05) is 0 Å². The van der Waals surface area contributed by atoms with Crippen LogP contribution in [0.5, 0.6) is 11.5 Å². The Labute approximate surface area is 124 Å². The molecule has 20 heavy (non-hydrogen) atoms. The molecular weight excluding hydrogens is 326 g/mol. The van der Waals surface area contributed by atoms with E-state index in [1.807, 2.05) is 6.92 Å². The number of aliphatic hydroxyl groups is 1. The van der Waals surface area contributed by atoms with Crippen LogP contribution in [0.2, 0.25) is 0 Å². The van der Waals surface area contributed by atoms with Gasteiger partial charge in [0.15, 0.2) is 0 Å². The second kappa shape index (κ2) is 6.02. The first-order valence-corrected chi connectivity index (χ1v) is 6.62. The third-order valence-electron chi connectivity index (χ3n) is 2.76. The molecule has 0 atom stereocenters. The number of benzene rings is 2. The third kappa shape index (κ3) is 3.15. The van der Waals surface area contributed by atoms with Gasteiger partial charge in [-0.3, -0.25) is 10.1 Å². The van der Waals surface area contributed by atoms with E-state index in [1.165, 1.54) is 6.07 Å². The third-order valence-corrected chi connectivity index (χ3v) is 3.25. The van der Waals surface area contributed by atoms with Crippen molar-refractivity contribution in [3.05, 3.63) is 62.1 Å². The lowest BCUT2D eigenvalue weighted by atomic mass is 10.1. The lowest BCUT2D eigenvalue weighted by Crippen LogP contribution is -1.95. The van der Waals surface area contributed by atoms with Gasteiger partial charge in [-0.15, -0.1) is 0 Å². The van der Waals surface area contributed by atoms with Gasteiger partial charge in [-0.1, -0.05) is 28.1 Å². The molecule has 0 aromatic heterocycles. The molecule has 1 N–H and O–H groups in total. The van der Waals surface area contributed by atoms with E-state index in [4.69, 9.17) is 9.84 Å². The van der Waals surface area contributed by atoms with Crippen molar-refractivity contribution in [2.24, 2.45) is 0 Å². The first-order valence-electron chi connectivity index (χ1n) is 5.83. The van der Waals surface area contributed by atoms with Crippen LogP contribution >= 0.6 is 15.9 Å². The molecule has 0 saturated carbocycles. The van der Waals surface area contributed by atoms with Crippen LogP contribution in [0.4, 0.5) is 5.69 Å². The van der Waals surface area contributed by atoms with Crippen molar-refractivity contribution in [1.82, 2.24) is 0 Å². The summed E-state index contributed by atoms with van der Waals surface area (Å²) in [4.78, 5) is 10.5. The summed E-state index contributed by atoms with van der Waals surface area (Å²) in [5.41, 5.74) is 1.46. The molecule has 104 valence electrons. The zero-order chi connectivity index (χ0) is 14.7. The Balaban J connectivity index is 2.37. The van der Waals surface area contributed by atoms with Gasteiger partial charge >= 0.3 is 5.69 Å². The SMILES string of the molecule is Cc1cc(CO)ccc1Oc1ccc(Br)cc1[N+](=O)[O-]. The maximum Gasteiger partial charge on any atom is 0.312 e. The van der Waals surface area contributed by atoms with Crippen LogP contribution in [0.1, 0.15) is 11.1 Å². The van der Waals surface area contributed by atoms with E-state index in [0.717, 1.165) is 11.1 Å². The maximum atomic E-state index is 11.0. The van der Waals surface area contributed by atoms with Crippen molar-refractivity contribution in [1.29, 1.82) is 0 Å². The number of rotatable bonds is 4. The summed E-state index contributed by atoms with van der Waals surface area (Å²) in [5, 5.41) is 20.1. The number of ether oxygens (including phenoxy) is 1. The van der Waals surface area contributed by atoms with Gasteiger partial charge in [0.1, 0.15) is 5.75 Å². The summed E-state index contributed by atoms with van der Waals surface area (Å²) in [6.45, 7) is 1.76. The first-order chi connectivity index (χ1) is 9.51. The average molecular weight is 338 g/mol. The Hall–Kier alpha value is -1.92. The van der Waals surface area contributed by atoms with Crippen molar-refractivity contribution in [3.63, 3.8) is 0 Å². The molecular formula is C14H12BrNO4. The second-order valence-corrected chi connectivity index (χ2v) is 5.14. The van der Waals surface area contributed by atoms with E-state index in [-0.39, 0.29) is 18.0 Å². The van der Waals surface area contributed by atoms with Gasteiger partial charge in [-0.05, 0) is 36.2 Å². The second-order valence-electron chi connectivity index (χ2n) is 4.23. The fourth-order valence-electron chi connectivity index (χ4n) is 1.76. The number of nitro benzene ring substituents is 1. The van der Waals surface area contributed by atoms with Gasteiger partial charge in [-0.25, -0.2) is 0 Å². The first kappa shape index (κ1) is 14.5. The van der Waals surface area contributed by atoms with Crippen LogP contribution in [0, 0.1) is 17.0 Å². The average Bonchev–Trinajstić information content (AvgIpc) is 2.42. The monoisotopic (exact) mass is 337 g/mol. The largest absolute Gasteiger partial charge is 0.450 e. The van der Waals surface area contributed by atoms with E-state index >= 15 is 0 Å². The number of aryl methyl sites for hydroxylation is 1. The molecule has 5 nitrogen and oxygen atoms in total. The number of nitrogens with zero attached hydrogens (tertiary/aromatic N) is 1. The molecule has 6 heteroatoms. The molecule has 0 aliphatic heterocycles. The molecule has 2 aromatic carbocycles. The van der Waals surface area contributed by atoms with Crippen LogP contribution in [0.25, 0.3) is 0 Å². The standard InChI is InChI=1S/C14H12BrNO4/c1-9-6-10(8-17)2-4-13(9)20-14-5-3-11(15)7-12(14)16(18)19/h2-7,17H,8H2,1H3. The Morgan fingerprint density at radius 2 is 1.95 bits per heavy atom. The minimum atomic E-state index is -0.489. The molecule has 0 aliphatic carbocycles. The van der Waals surface area contributed by atoms with Gasteiger partial charge in [0.05, 0.1) is 11.5 Å². The Bertz CT molecular complexity index is 658. The van der Waals surface area contributed by atoms with Crippen LogP contribution < -0.4 is 4.74 Å². The Kier molecular flexibility index (Phi) is 4.36. The quantitative estimate of drug-likeness (QED) is 0.677. The highest BCUT2D eigenvalue weighted by Crippen LogP contribution is 2.34. The number of hydrogen-bond donors (Lipinski definition) is 1. The number of halogens is 1. The molecule has 0 aliphatic rings. The van der Waals surface area contributed by atoms with E-state index in [2.05, 4.69) is 15.9 Å². The summed E-state index contributed by atoms with van der Waals surface area (Å²) < 4.78 is 6.23. The molecule has 0 fully saturated rings. The van der Waals surface area contributed by atoms with Gasteiger partial charge < -0.3 is 9.84 Å². The fraction of sp³-hybridized carbons (Fsp3) is 0.143. The number of hydrogen-bond acceptors (Lipinski definition) is 4. The molecule has 0 saturated heterocycles.